The Kier molecular flexibility index (Phi) is 8.81. The van der Waals surface area contributed by atoms with Crippen LogP contribution in [0.15, 0.2) is 60.8 Å². The maximum Gasteiger partial charge on any atom is 0.249 e. The van der Waals surface area contributed by atoms with Crippen LogP contribution in [0.1, 0.15) is 66.8 Å². The molecule has 4 N–H and O–H groups in total. The van der Waals surface area contributed by atoms with E-state index in [0.29, 0.717) is 25.3 Å². The maximum absolute atomic E-state index is 12.0. The topological polar surface area (TPSA) is 118 Å². The van der Waals surface area contributed by atoms with Crippen LogP contribution in [0, 0.1) is 6.92 Å². The molecule has 0 bridgehead atoms. The second-order valence-electron chi connectivity index (χ2n) is 11.9. The Morgan fingerprint density at radius 3 is 2.56 bits per heavy atom. The lowest BCUT2D eigenvalue weighted by Crippen LogP contribution is -2.47. The zero-order valence-electron chi connectivity index (χ0n) is 24.9. The molecule has 0 spiro atoms. The van der Waals surface area contributed by atoms with Crippen LogP contribution in [-0.2, 0) is 22.6 Å². The molecule has 2 aliphatic heterocycles. The van der Waals surface area contributed by atoms with E-state index in [1.807, 2.05) is 16.8 Å². The number of aryl methyl sites for hydroxylation is 2. The monoisotopic (exact) mass is 579 g/mol. The molecule has 43 heavy (non-hydrogen) atoms. The van der Waals surface area contributed by atoms with Gasteiger partial charge in [0.2, 0.25) is 11.8 Å². The Morgan fingerprint density at radius 2 is 1.81 bits per heavy atom. The minimum absolute atomic E-state index is 0.191. The first-order valence-electron chi connectivity index (χ1n) is 15.5. The van der Waals surface area contributed by atoms with Crippen LogP contribution in [0.25, 0.3) is 16.9 Å². The molecule has 2 aliphatic rings. The molecule has 0 radical (unpaired) electrons. The molecule has 2 saturated heterocycles. The molecule has 1 unspecified atom stereocenters. The molecule has 224 valence electrons. The molecule has 4 heterocycles. The zero-order chi connectivity index (χ0) is 29.8. The number of imide groups is 1. The summed E-state index contributed by atoms with van der Waals surface area (Å²) in [4.78, 5) is 30.6. The highest BCUT2D eigenvalue weighted by Gasteiger charge is 2.26. The number of hydrogen-bond donors (Lipinski definition) is 3. The van der Waals surface area contributed by atoms with Gasteiger partial charge in [-0.05, 0) is 112 Å². The highest BCUT2D eigenvalue weighted by atomic mass is 16.2. The van der Waals surface area contributed by atoms with Gasteiger partial charge in [-0.2, -0.15) is 5.10 Å². The lowest BCUT2D eigenvalue weighted by Gasteiger charge is -2.32. The number of benzene rings is 2. The van der Waals surface area contributed by atoms with Crippen molar-refractivity contribution in [2.75, 3.05) is 25.0 Å². The van der Waals surface area contributed by atoms with Gasteiger partial charge in [-0.15, -0.1) is 0 Å². The van der Waals surface area contributed by atoms with Gasteiger partial charge in [0.05, 0.1) is 11.4 Å². The number of carbonyl (C=O) groups excluding carboxylic acids is 2. The highest BCUT2D eigenvalue weighted by molar-refractivity contribution is 6.01. The van der Waals surface area contributed by atoms with Gasteiger partial charge < -0.3 is 16.0 Å². The lowest BCUT2D eigenvalue weighted by molar-refractivity contribution is -0.133. The number of hydrogen-bond acceptors (Lipinski definition) is 7. The van der Waals surface area contributed by atoms with Crippen LogP contribution in [0.5, 0.6) is 0 Å². The third-order valence-corrected chi connectivity index (χ3v) is 8.97. The van der Waals surface area contributed by atoms with Crippen molar-refractivity contribution in [2.24, 2.45) is 5.73 Å². The summed E-state index contributed by atoms with van der Waals surface area (Å²) in [6.07, 6.45) is 8.29. The van der Waals surface area contributed by atoms with Crippen LogP contribution < -0.4 is 16.4 Å². The summed E-state index contributed by atoms with van der Waals surface area (Å²) in [6.45, 7) is 5.99. The smallest absolute Gasteiger partial charge is 0.249 e. The molecule has 2 fully saturated rings. The van der Waals surface area contributed by atoms with Gasteiger partial charge >= 0.3 is 0 Å². The first-order chi connectivity index (χ1) is 21.0. The molecule has 4 aromatic rings. The second-order valence-corrected chi connectivity index (χ2v) is 11.9. The number of carbonyl (C=O) groups is 2. The van der Waals surface area contributed by atoms with E-state index in [9.17, 15) is 9.59 Å². The third-order valence-electron chi connectivity index (χ3n) is 8.97. The largest absolute Gasteiger partial charge is 0.374 e. The summed E-state index contributed by atoms with van der Waals surface area (Å²) in [6, 6.07) is 18.7. The average Bonchev–Trinajstić information content (AvgIpc) is 3.45. The second kappa shape index (κ2) is 13.1. The Morgan fingerprint density at radius 1 is 1.00 bits per heavy atom. The van der Waals surface area contributed by atoms with E-state index in [1.54, 1.807) is 0 Å². The summed E-state index contributed by atoms with van der Waals surface area (Å²) in [5.74, 6) is 0.136. The number of amides is 2. The predicted octanol–water partition coefficient (Wildman–Crippen LogP) is 4.58. The minimum atomic E-state index is -0.349. The number of piperidine rings is 2. The first-order valence-corrected chi connectivity index (χ1v) is 15.5. The number of rotatable bonds is 10. The van der Waals surface area contributed by atoms with Crippen molar-refractivity contribution in [2.45, 2.75) is 70.4 Å². The third kappa shape index (κ3) is 6.78. The van der Waals surface area contributed by atoms with Crippen molar-refractivity contribution in [3.05, 3.63) is 83.2 Å². The van der Waals surface area contributed by atoms with Crippen LogP contribution in [0.4, 0.5) is 5.69 Å². The Hall–Kier alpha value is -4.08. The zero-order valence-corrected chi connectivity index (χ0v) is 24.9. The van der Waals surface area contributed by atoms with Crippen molar-refractivity contribution < 1.29 is 9.59 Å². The molecule has 0 saturated carbocycles. The van der Waals surface area contributed by atoms with Crippen LogP contribution in [0.2, 0.25) is 0 Å². The quantitative estimate of drug-likeness (QED) is 0.186. The number of aromatic nitrogens is 3. The summed E-state index contributed by atoms with van der Waals surface area (Å²) >= 11 is 0. The van der Waals surface area contributed by atoms with Gasteiger partial charge in [-0.3, -0.25) is 14.9 Å². The summed E-state index contributed by atoms with van der Waals surface area (Å²) < 4.78 is 1.97. The van der Waals surface area contributed by atoms with Gasteiger partial charge in [0, 0.05) is 36.5 Å². The fraction of sp³-hybridized carbons (Fsp3) is 0.412. The van der Waals surface area contributed by atoms with Crippen molar-refractivity contribution in [1.29, 1.82) is 0 Å². The normalized spacial score (nSPS) is 18.2. The number of anilines is 1. The Balaban J connectivity index is 0.954. The predicted molar refractivity (Wildman–Crippen MR) is 169 cm³/mol. The first kappa shape index (κ1) is 29.0. The van der Waals surface area contributed by atoms with E-state index in [2.05, 4.69) is 76.0 Å². The number of nitrogens with zero attached hydrogens (tertiary/aromatic N) is 4. The maximum atomic E-state index is 12.0. The lowest BCUT2D eigenvalue weighted by atomic mass is 9.89. The van der Waals surface area contributed by atoms with E-state index in [-0.39, 0.29) is 17.9 Å². The van der Waals surface area contributed by atoms with Gasteiger partial charge in [-0.1, -0.05) is 24.3 Å². The molecule has 0 aliphatic carbocycles. The number of fused-ring (bicyclic) bond motifs is 1. The molecule has 9 nitrogen and oxygen atoms in total. The molecular weight excluding hydrogens is 538 g/mol. The van der Waals surface area contributed by atoms with Crippen molar-refractivity contribution >= 4 is 23.1 Å². The highest BCUT2D eigenvalue weighted by Crippen LogP contribution is 2.29. The molecule has 1 atom stereocenters. The van der Waals surface area contributed by atoms with Gasteiger partial charge in [0.15, 0.2) is 5.65 Å². The molecular formula is C34H41N7O2. The molecule has 2 aromatic heterocycles. The van der Waals surface area contributed by atoms with Crippen molar-refractivity contribution in [1.82, 2.24) is 24.8 Å². The van der Waals surface area contributed by atoms with Crippen LogP contribution >= 0.6 is 0 Å². The van der Waals surface area contributed by atoms with Gasteiger partial charge in [0.1, 0.15) is 6.04 Å². The fourth-order valence-corrected chi connectivity index (χ4v) is 6.38. The molecule has 9 heteroatoms. The molecule has 6 rings (SSSR count). The number of nitrogens with one attached hydrogen (secondary N) is 2. The summed E-state index contributed by atoms with van der Waals surface area (Å²) in [5, 5.41) is 10.6. The number of nitrogens with two attached hydrogens (primary N) is 1. The van der Waals surface area contributed by atoms with Gasteiger partial charge in [-0.25, -0.2) is 9.50 Å². The Labute approximate surface area is 252 Å². The SMILES string of the molecule is Cc1cc(-c2ccnc3cc(CCCCN4CCC(c5ccc(NC6CCC(=O)NC6=O)cc5)CC4)nn23)ccc1CN. The number of unbranched alkanes of at least 4 members (excludes halogenated alkanes) is 1. The van der Waals surface area contributed by atoms with E-state index in [4.69, 9.17) is 10.8 Å². The average molecular weight is 580 g/mol. The van der Waals surface area contributed by atoms with Crippen molar-refractivity contribution in [3.8, 4) is 11.3 Å². The van der Waals surface area contributed by atoms with Crippen LogP contribution in [0.3, 0.4) is 0 Å². The minimum Gasteiger partial charge on any atom is -0.374 e. The standard InChI is InChI=1S/C34H41N7O2/c1-23-20-26(5-6-27(23)22-35)31-13-16-36-32-21-29(39-41(31)32)4-2-3-17-40-18-14-25(15-19-40)24-7-9-28(10-8-24)37-30-11-12-33(42)38-34(30)43/h5-10,13,16,20-21,25,30,37H,2-4,11-12,14-15,17-19,22,35H2,1H3,(H,38,42,43). The number of likely N-dealkylation sites (tertiary alicyclic amines) is 1. The Bertz CT molecular complexity index is 1590. The van der Waals surface area contributed by atoms with E-state index in [0.717, 1.165) is 85.6 Å². The molecule has 2 aromatic carbocycles. The van der Waals surface area contributed by atoms with E-state index >= 15 is 0 Å². The van der Waals surface area contributed by atoms with Gasteiger partial charge in [0.25, 0.3) is 0 Å². The van der Waals surface area contributed by atoms with E-state index < -0.39 is 0 Å². The fourth-order valence-electron chi connectivity index (χ4n) is 6.38. The summed E-state index contributed by atoms with van der Waals surface area (Å²) in [7, 11) is 0. The van der Waals surface area contributed by atoms with Crippen molar-refractivity contribution in [3.63, 3.8) is 0 Å². The van der Waals surface area contributed by atoms with E-state index in [1.165, 1.54) is 11.1 Å². The summed E-state index contributed by atoms with van der Waals surface area (Å²) in [5.41, 5.74) is 14.6. The van der Waals surface area contributed by atoms with Crippen LogP contribution in [-0.4, -0.2) is 57.0 Å². The molecule has 2 amide bonds.